The molecule has 36 heavy (non-hydrogen) atoms. The highest BCUT2D eigenvalue weighted by atomic mass is 35.5. The molecule has 1 saturated heterocycles. The molecule has 6 nitrogen and oxygen atoms in total. The average Bonchev–Trinajstić information content (AvgIpc) is 3.22. The van der Waals surface area contributed by atoms with Gasteiger partial charge in [0.05, 0.1) is 34.3 Å². The predicted molar refractivity (Wildman–Crippen MR) is 135 cm³/mol. The second kappa shape index (κ2) is 10.8. The van der Waals surface area contributed by atoms with E-state index in [0.29, 0.717) is 34.1 Å². The number of thiazole rings is 1. The Bertz CT molecular complexity index is 1220. The van der Waals surface area contributed by atoms with Crippen LogP contribution in [0.3, 0.4) is 0 Å². The normalized spacial score (nSPS) is 19.0. The molecule has 1 aromatic heterocycles. The van der Waals surface area contributed by atoms with Crippen molar-refractivity contribution in [1.82, 2.24) is 9.88 Å². The first kappa shape index (κ1) is 26.5. The molecule has 1 aliphatic heterocycles. The van der Waals surface area contributed by atoms with E-state index in [1.54, 1.807) is 18.2 Å². The predicted octanol–water partition coefficient (Wildman–Crippen LogP) is 5.66. The molecule has 0 bridgehead atoms. The summed E-state index contributed by atoms with van der Waals surface area (Å²) in [5.74, 6) is 0.184. The van der Waals surface area contributed by atoms with Gasteiger partial charge in [-0.1, -0.05) is 29.0 Å². The smallest absolute Gasteiger partial charge is 0.416 e. The summed E-state index contributed by atoms with van der Waals surface area (Å²) < 4.78 is 50.4. The molecule has 0 unspecified atom stereocenters. The molecule has 0 aliphatic carbocycles. The number of methoxy groups -OCH3 is 1. The van der Waals surface area contributed by atoms with Gasteiger partial charge in [-0.25, -0.2) is 4.98 Å². The van der Waals surface area contributed by atoms with Crippen LogP contribution in [0, 0.1) is 0 Å². The highest BCUT2D eigenvalue weighted by molar-refractivity contribution is 7.22. The fraction of sp³-hybridized carbons (Fsp3) is 0.440. The van der Waals surface area contributed by atoms with Crippen molar-refractivity contribution in [3.63, 3.8) is 0 Å². The van der Waals surface area contributed by atoms with Crippen LogP contribution in [0.1, 0.15) is 25.0 Å². The lowest BCUT2D eigenvalue weighted by molar-refractivity contribution is -0.140. The summed E-state index contributed by atoms with van der Waals surface area (Å²) in [6.07, 6.45) is -4.23. The summed E-state index contributed by atoms with van der Waals surface area (Å²) in [6.45, 7) is 6.78. The second-order valence-corrected chi connectivity index (χ2v) is 10.3. The van der Waals surface area contributed by atoms with Gasteiger partial charge in [-0.15, -0.1) is 0 Å². The number of carbonyl (C=O) groups is 1. The summed E-state index contributed by atoms with van der Waals surface area (Å²) in [5.41, 5.74) is 0.673. The maximum Gasteiger partial charge on any atom is 0.416 e. The van der Waals surface area contributed by atoms with Gasteiger partial charge in [-0.3, -0.25) is 9.69 Å². The number of piperazine rings is 1. The zero-order valence-corrected chi connectivity index (χ0v) is 21.7. The molecule has 1 aliphatic rings. The lowest BCUT2D eigenvalue weighted by atomic mass is 10.1. The Balaban J connectivity index is 1.37. The first-order valence-corrected chi connectivity index (χ1v) is 12.7. The number of esters is 1. The van der Waals surface area contributed by atoms with Crippen molar-refractivity contribution in [1.29, 1.82) is 0 Å². The maximum absolute atomic E-state index is 13.1. The highest BCUT2D eigenvalue weighted by Gasteiger charge is 2.33. The first-order chi connectivity index (χ1) is 17.0. The molecule has 4 rings (SSSR count). The molecule has 0 amide bonds. The zero-order chi connectivity index (χ0) is 26.0. The van der Waals surface area contributed by atoms with Gasteiger partial charge >= 0.3 is 12.1 Å². The van der Waals surface area contributed by atoms with E-state index in [-0.39, 0.29) is 24.5 Å². The largest absolute Gasteiger partial charge is 0.491 e. The maximum atomic E-state index is 13.1. The molecule has 194 valence electrons. The number of hydrogen-bond acceptors (Lipinski definition) is 7. The van der Waals surface area contributed by atoms with E-state index in [1.807, 2.05) is 0 Å². The SMILES string of the molecule is COC(=O)Cc1ccc(Cl)c(OCCN2C[C@@H](C)N(c3nc4ccc(C(F)(F)F)cc4s3)[C@@H](C)C2)c1. The fourth-order valence-corrected chi connectivity index (χ4v) is 5.87. The van der Waals surface area contributed by atoms with Crippen molar-refractivity contribution < 1.29 is 27.4 Å². The van der Waals surface area contributed by atoms with Crippen LogP contribution in [0.15, 0.2) is 36.4 Å². The van der Waals surface area contributed by atoms with Crippen molar-refractivity contribution in [3.05, 3.63) is 52.5 Å². The Morgan fingerprint density at radius 1 is 1.17 bits per heavy atom. The first-order valence-electron chi connectivity index (χ1n) is 11.5. The fourth-order valence-electron chi connectivity index (χ4n) is 4.48. The topological polar surface area (TPSA) is 54.9 Å². The number of anilines is 1. The number of ether oxygens (including phenoxy) is 2. The molecule has 2 heterocycles. The van der Waals surface area contributed by atoms with Crippen molar-refractivity contribution in [3.8, 4) is 5.75 Å². The minimum Gasteiger partial charge on any atom is -0.491 e. The summed E-state index contributed by atoms with van der Waals surface area (Å²) in [7, 11) is 1.35. The van der Waals surface area contributed by atoms with Crippen LogP contribution in [0.25, 0.3) is 10.2 Å². The van der Waals surface area contributed by atoms with Crippen molar-refractivity contribution in [2.24, 2.45) is 0 Å². The van der Waals surface area contributed by atoms with Crippen LogP contribution in [0.4, 0.5) is 18.3 Å². The minimum atomic E-state index is -4.38. The van der Waals surface area contributed by atoms with Crippen LogP contribution in [-0.4, -0.2) is 61.3 Å². The van der Waals surface area contributed by atoms with Crippen LogP contribution in [0.2, 0.25) is 5.02 Å². The van der Waals surface area contributed by atoms with E-state index < -0.39 is 11.7 Å². The third-order valence-corrected chi connectivity index (χ3v) is 7.50. The number of alkyl halides is 3. The van der Waals surface area contributed by atoms with Crippen LogP contribution in [-0.2, 0) is 22.1 Å². The van der Waals surface area contributed by atoms with Crippen LogP contribution in [0.5, 0.6) is 5.75 Å². The Morgan fingerprint density at radius 2 is 1.89 bits per heavy atom. The van der Waals surface area contributed by atoms with E-state index in [0.717, 1.165) is 29.9 Å². The Morgan fingerprint density at radius 3 is 2.56 bits per heavy atom. The number of rotatable bonds is 7. The molecule has 3 aromatic rings. The number of fused-ring (bicyclic) bond motifs is 1. The quantitative estimate of drug-likeness (QED) is 0.360. The van der Waals surface area contributed by atoms with Gasteiger partial charge in [0, 0.05) is 31.7 Å². The van der Waals surface area contributed by atoms with Gasteiger partial charge in [0.2, 0.25) is 0 Å². The molecule has 0 saturated carbocycles. The second-order valence-electron chi connectivity index (χ2n) is 8.91. The Hall–Kier alpha value is -2.56. The van der Waals surface area contributed by atoms with E-state index in [1.165, 1.54) is 30.6 Å². The number of aromatic nitrogens is 1. The molecular formula is C25H27ClF3N3O3S. The lowest BCUT2D eigenvalue weighted by Gasteiger charge is -2.44. The van der Waals surface area contributed by atoms with Gasteiger partial charge in [-0.2, -0.15) is 13.2 Å². The number of benzene rings is 2. The summed E-state index contributed by atoms with van der Waals surface area (Å²) in [6, 6.07) is 9.13. The van der Waals surface area contributed by atoms with Gasteiger partial charge in [-0.05, 0) is 49.7 Å². The van der Waals surface area contributed by atoms with E-state index in [4.69, 9.17) is 21.1 Å². The molecule has 2 atom stereocenters. The molecule has 0 N–H and O–H groups in total. The third-order valence-electron chi connectivity index (χ3n) is 6.16. The molecule has 2 aromatic carbocycles. The standard InChI is InChI=1S/C25H27ClF3N3O3S/c1-15-13-31(8-9-35-21-10-17(4-6-19(21)26)11-23(33)34-3)14-16(2)32(15)24-30-20-7-5-18(25(27,28)29)12-22(20)36-24/h4-7,10,12,15-16H,8-9,11,13-14H2,1-3H3/t15-,16+. The molecule has 0 radical (unpaired) electrons. The van der Waals surface area contributed by atoms with Crippen LogP contribution >= 0.6 is 22.9 Å². The molecule has 1 fully saturated rings. The molecular weight excluding hydrogens is 515 g/mol. The molecule has 11 heteroatoms. The zero-order valence-electron chi connectivity index (χ0n) is 20.1. The number of nitrogens with zero attached hydrogens (tertiary/aromatic N) is 3. The lowest BCUT2D eigenvalue weighted by Crippen LogP contribution is -2.57. The van der Waals surface area contributed by atoms with Crippen molar-refractivity contribution in [2.75, 3.05) is 38.3 Å². The summed E-state index contributed by atoms with van der Waals surface area (Å²) >= 11 is 7.55. The minimum absolute atomic E-state index is 0.114. The van der Waals surface area contributed by atoms with Crippen molar-refractivity contribution >= 4 is 44.3 Å². The van der Waals surface area contributed by atoms with E-state index >= 15 is 0 Å². The van der Waals surface area contributed by atoms with Gasteiger partial charge in [0.1, 0.15) is 12.4 Å². The number of carbonyl (C=O) groups excluding carboxylic acids is 1. The number of halogens is 4. The summed E-state index contributed by atoms with van der Waals surface area (Å²) in [4.78, 5) is 20.6. The van der Waals surface area contributed by atoms with Gasteiger partial charge in [0.25, 0.3) is 0 Å². The van der Waals surface area contributed by atoms with E-state index in [2.05, 4.69) is 28.6 Å². The van der Waals surface area contributed by atoms with Gasteiger partial charge in [0.15, 0.2) is 5.13 Å². The Labute approximate surface area is 216 Å². The number of hydrogen-bond donors (Lipinski definition) is 0. The average molecular weight is 542 g/mol. The monoisotopic (exact) mass is 541 g/mol. The van der Waals surface area contributed by atoms with E-state index in [9.17, 15) is 18.0 Å². The highest BCUT2D eigenvalue weighted by Crippen LogP contribution is 2.37. The molecule has 0 spiro atoms. The third kappa shape index (κ3) is 6.04. The van der Waals surface area contributed by atoms with Crippen molar-refractivity contribution in [2.45, 2.75) is 38.5 Å². The van der Waals surface area contributed by atoms with Gasteiger partial charge < -0.3 is 14.4 Å². The Kier molecular flexibility index (Phi) is 7.96. The van der Waals surface area contributed by atoms with Crippen LogP contribution < -0.4 is 9.64 Å². The summed E-state index contributed by atoms with van der Waals surface area (Å²) in [5, 5.41) is 1.20.